The summed E-state index contributed by atoms with van der Waals surface area (Å²) in [4.78, 5) is 9.50. The number of fused-ring (bicyclic) bond motifs is 1. The van der Waals surface area contributed by atoms with Crippen LogP contribution in [0.2, 0.25) is 0 Å². The molecule has 0 atom stereocenters. The quantitative estimate of drug-likeness (QED) is 0.344. The molecule has 6 nitrogen and oxygen atoms in total. The van der Waals surface area contributed by atoms with Crippen LogP contribution in [-0.4, -0.2) is 42.4 Å². The number of hydrogen-bond donors (Lipinski definition) is 2. The normalized spacial score (nSPS) is 11.1. The second kappa shape index (κ2) is 10.6. The van der Waals surface area contributed by atoms with Gasteiger partial charge in [-0.25, -0.2) is 9.97 Å². The lowest BCUT2D eigenvalue weighted by Crippen LogP contribution is -2.07. The van der Waals surface area contributed by atoms with Gasteiger partial charge in [0.1, 0.15) is 17.3 Å². The number of benzene rings is 3. The van der Waals surface area contributed by atoms with Gasteiger partial charge in [-0.2, -0.15) is 0 Å². The standard InChI is InChI=1S/C27H27N3O3/c1-32-22-15-19(16-23(18-22)33-2)9-12-26-29-25-11-10-21(20-7-4-3-5-8-20)17-24(25)27(30-26)28-13-6-14-31/h3-5,7-12,15-18,31H,6,13-14H2,1-2H3,(H,28,29,30)/b12-9+. The van der Waals surface area contributed by atoms with E-state index in [0.717, 1.165) is 33.4 Å². The fourth-order valence-electron chi connectivity index (χ4n) is 3.55. The van der Waals surface area contributed by atoms with Crippen LogP contribution in [0.3, 0.4) is 0 Å². The first-order valence-corrected chi connectivity index (χ1v) is 10.8. The van der Waals surface area contributed by atoms with Gasteiger partial charge in [-0.15, -0.1) is 0 Å². The van der Waals surface area contributed by atoms with E-state index < -0.39 is 0 Å². The molecule has 0 saturated heterocycles. The maximum Gasteiger partial charge on any atom is 0.154 e. The summed E-state index contributed by atoms with van der Waals surface area (Å²) in [5, 5.41) is 13.5. The van der Waals surface area contributed by atoms with E-state index in [1.165, 1.54) is 0 Å². The van der Waals surface area contributed by atoms with Gasteiger partial charge in [0.25, 0.3) is 0 Å². The Labute approximate surface area is 193 Å². The summed E-state index contributed by atoms with van der Waals surface area (Å²) in [5.74, 6) is 2.76. The monoisotopic (exact) mass is 441 g/mol. The lowest BCUT2D eigenvalue weighted by molar-refractivity contribution is 0.292. The molecule has 4 aromatic rings. The third kappa shape index (κ3) is 5.48. The third-order valence-corrected chi connectivity index (χ3v) is 5.25. The van der Waals surface area contributed by atoms with Crippen LogP contribution in [-0.2, 0) is 0 Å². The molecule has 0 aliphatic carbocycles. The molecule has 2 N–H and O–H groups in total. The van der Waals surface area contributed by atoms with E-state index >= 15 is 0 Å². The van der Waals surface area contributed by atoms with E-state index in [4.69, 9.17) is 19.4 Å². The third-order valence-electron chi connectivity index (χ3n) is 5.25. The van der Waals surface area contributed by atoms with E-state index in [1.54, 1.807) is 14.2 Å². The van der Waals surface area contributed by atoms with Gasteiger partial charge in [-0.05, 0) is 53.5 Å². The Morgan fingerprint density at radius 2 is 1.61 bits per heavy atom. The molecule has 0 saturated carbocycles. The highest BCUT2D eigenvalue weighted by molar-refractivity contribution is 5.93. The van der Waals surface area contributed by atoms with Crippen molar-refractivity contribution in [2.24, 2.45) is 0 Å². The average Bonchev–Trinajstić information content (AvgIpc) is 2.87. The molecule has 33 heavy (non-hydrogen) atoms. The Bertz CT molecular complexity index is 1230. The van der Waals surface area contributed by atoms with Crippen molar-refractivity contribution < 1.29 is 14.6 Å². The van der Waals surface area contributed by atoms with Crippen molar-refractivity contribution in [3.05, 3.63) is 78.1 Å². The van der Waals surface area contributed by atoms with Crippen LogP contribution in [0.1, 0.15) is 17.8 Å². The number of nitrogens with zero attached hydrogens (tertiary/aromatic N) is 2. The highest BCUT2D eigenvalue weighted by Gasteiger charge is 2.09. The minimum Gasteiger partial charge on any atom is -0.497 e. The van der Waals surface area contributed by atoms with Gasteiger partial charge in [0.05, 0.1) is 19.7 Å². The van der Waals surface area contributed by atoms with E-state index in [2.05, 4.69) is 29.6 Å². The molecule has 1 heterocycles. The van der Waals surface area contributed by atoms with Crippen molar-refractivity contribution in [2.75, 3.05) is 32.7 Å². The molecule has 0 radical (unpaired) electrons. The second-order valence-corrected chi connectivity index (χ2v) is 7.51. The summed E-state index contributed by atoms with van der Waals surface area (Å²) in [7, 11) is 3.26. The molecule has 6 heteroatoms. The summed E-state index contributed by atoms with van der Waals surface area (Å²) in [6.07, 6.45) is 4.44. The summed E-state index contributed by atoms with van der Waals surface area (Å²) in [6, 6.07) is 22.1. The van der Waals surface area contributed by atoms with Crippen LogP contribution in [0, 0.1) is 0 Å². The molecule has 4 rings (SSSR count). The Morgan fingerprint density at radius 3 is 2.30 bits per heavy atom. The first kappa shape index (κ1) is 22.3. The van der Waals surface area contributed by atoms with Crippen molar-refractivity contribution in [1.82, 2.24) is 9.97 Å². The number of hydrogen-bond acceptors (Lipinski definition) is 6. The minimum absolute atomic E-state index is 0.121. The number of aliphatic hydroxyl groups excluding tert-OH is 1. The van der Waals surface area contributed by atoms with Crippen molar-refractivity contribution in [3.63, 3.8) is 0 Å². The van der Waals surface area contributed by atoms with Gasteiger partial charge in [0, 0.05) is 24.6 Å². The number of nitrogens with one attached hydrogen (secondary N) is 1. The molecule has 0 fully saturated rings. The fraction of sp³-hybridized carbons (Fsp3) is 0.185. The zero-order valence-corrected chi connectivity index (χ0v) is 18.8. The van der Waals surface area contributed by atoms with Crippen molar-refractivity contribution in [2.45, 2.75) is 6.42 Å². The average molecular weight is 442 g/mol. The van der Waals surface area contributed by atoms with Gasteiger partial charge < -0.3 is 19.9 Å². The smallest absolute Gasteiger partial charge is 0.154 e. The van der Waals surface area contributed by atoms with Crippen LogP contribution in [0.4, 0.5) is 5.82 Å². The Kier molecular flexibility index (Phi) is 7.17. The Morgan fingerprint density at radius 1 is 0.848 bits per heavy atom. The largest absolute Gasteiger partial charge is 0.497 e. The zero-order valence-electron chi connectivity index (χ0n) is 18.8. The molecule has 3 aromatic carbocycles. The molecule has 0 spiro atoms. The number of ether oxygens (including phenoxy) is 2. The first-order valence-electron chi connectivity index (χ1n) is 10.8. The number of aromatic nitrogens is 2. The van der Waals surface area contributed by atoms with E-state index in [1.807, 2.05) is 54.6 Å². The lowest BCUT2D eigenvalue weighted by atomic mass is 10.0. The molecule has 0 amide bonds. The van der Waals surface area contributed by atoms with E-state index in [0.29, 0.717) is 30.3 Å². The van der Waals surface area contributed by atoms with Gasteiger partial charge in [0.15, 0.2) is 5.82 Å². The van der Waals surface area contributed by atoms with Crippen LogP contribution in [0.5, 0.6) is 11.5 Å². The highest BCUT2D eigenvalue weighted by atomic mass is 16.5. The number of aliphatic hydroxyl groups is 1. The fourth-order valence-corrected chi connectivity index (χ4v) is 3.55. The topological polar surface area (TPSA) is 76.5 Å². The van der Waals surface area contributed by atoms with Crippen molar-refractivity contribution >= 4 is 28.9 Å². The number of methoxy groups -OCH3 is 2. The van der Waals surface area contributed by atoms with Crippen LogP contribution >= 0.6 is 0 Å². The Hall–Kier alpha value is -3.90. The van der Waals surface area contributed by atoms with E-state index in [9.17, 15) is 5.11 Å². The second-order valence-electron chi connectivity index (χ2n) is 7.51. The van der Waals surface area contributed by atoms with Crippen LogP contribution in [0.25, 0.3) is 34.2 Å². The molecular weight excluding hydrogens is 414 g/mol. The summed E-state index contributed by atoms with van der Waals surface area (Å²) in [5.41, 5.74) is 4.00. The highest BCUT2D eigenvalue weighted by Crippen LogP contribution is 2.28. The van der Waals surface area contributed by atoms with Gasteiger partial charge in [-0.1, -0.05) is 42.5 Å². The minimum atomic E-state index is 0.121. The van der Waals surface area contributed by atoms with Gasteiger partial charge >= 0.3 is 0 Å². The molecule has 0 bridgehead atoms. The molecule has 1 aromatic heterocycles. The predicted octanol–water partition coefficient (Wildman–Crippen LogP) is 5.28. The summed E-state index contributed by atoms with van der Waals surface area (Å²) < 4.78 is 10.7. The van der Waals surface area contributed by atoms with Gasteiger partial charge in [0.2, 0.25) is 0 Å². The maximum atomic E-state index is 9.20. The van der Waals surface area contributed by atoms with Crippen LogP contribution in [0.15, 0.2) is 66.7 Å². The number of anilines is 1. The molecule has 168 valence electrons. The molecule has 0 unspecified atom stereocenters. The van der Waals surface area contributed by atoms with Crippen LogP contribution < -0.4 is 14.8 Å². The summed E-state index contributed by atoms with van der Waals surface area (Å²) >= 11 is 0. The van der Waals surface area contributed by atoms with Gasteiger partial charge in [-0.3, -0.25) is 0 Å². The summed E-state index contributed by atoms with van der Waals surface area (Å²) in [6.45, 7) is 0.740. The molecular formula is C27H27N3O3. The first-order chi connectivity index (χ1) is 16.2. The van der Waals surface area contributed by atoms with E-state index in [-0.39, 0.29) is 6.61 Å². The Balaban J connectivity index is 1.72. The zero-order chi connectivity index (χ0) is 23.0. The molecule has 0 aliphatic heterocycles. The van der Waals surface area contributed by atoms with Crippen molar-refractivity contribution in [1.29, 1.82) is 0 Å². The SMILES string of the molecule is COc1cc(/C=C/c2nc(NCCCO)c3cc(-c4ccccc4)ccc3n2)cc(OC)c1. The number of rotatable bonds is 9. The lowest BCUT2D eigenvalue weighted by Gasteiger charge is -2.11. The predicted molar refractivity (Wildman–Crippen MR) is 134 cm³/mol. The van der Waals surface area contributed by atoms with Crippen molar-refractivity contribution in [3.8, 4) is 22.6 Å². The maximum absolute atomic E-state index is 9.20. The molecule has 0 aliphatic rings.